The number of nitrogens with zero attached hydrogens (tertiary/aromatic N) is 3. The van der Waals surface area contributed by atoms with Gasteiger partial charge in [-0.3, -0.25) is 5.10 Å². The molecule has 0 aliphatic rings. The van der Waals surface area contributed by atoms with Gasteiger partial charge in [0.2, 0.25) is 0 Å². The Labute approximate surface area is 109 Å². The number of rotatable bonds is 2. The molecule has 0 atom stereocenters. The Bertz CT molecular complexity index is 712. The van der Waals surface area contributed by atoms with Crippen LogP contribution < -0.4 is 5.73 Å². The van der Waals surface area contributed by atoms with E-state index in [1.54, 1.807) is 6.07 Å². The Kier molecular flexibility index (Phi) is 2.48. The van der Waals surface area contributed by atoms with E-state index in [0.29, 0.717) is 10.8 Å². The molecule has 0 bridgehead atoms. The van der Waals surface area contributed by atoms with Crippen LogP contribution in [0.4, 0.5) is 5.82 Å². The summed E-state index contributed by atoms with van der Waals surface area (Å²) in [5.74, 6) is 1.25. The fourth-order valence-electron chi connectivity index (χ4n) is 2.11. The second-order valence-electron chi connectivity index (χ2n) is 3.99. The number of aryl methyl sites for hydroxylation is 1. The number of H-pyrrole nitrogens is 1. The molecule has 1 aromatic carbocycles. The van der Waals surface area contributed by atoms with Crippen LogP contribution in [-0.4, -0.2) is 19.7 Å². The maximum atomic E-state index is 6.24. The molecule has 5 nitrogen and oxygen atoms in total. The minimum Gasteiger partial charge on any atom is -0.382 e. The van der Waals surface area contributed by atoms with Crippen LogP contribution in [0.3, 0.4) is 0 Å². The summed E-state index contributed by atoms with van der Waals surface area (Å²) in [6.07, 6.45) is 0. The SMILES string of the molecule is CCn1c(-c2cc(N)n[nH]2)nc2cccc(Cl)c21. The van der Waals surface area contributed by atoms with Crippen LogP contribution in [0, 0.1) is 0 Å². The van der Waals surface area contributed by atoms with Crippen molar-refractivity contribution in [2.75, 3.05) is 5.73 Å². The molecular weight excluding hydrogens is 250 g/mol. The number of nitrogens with two attached hydrogens (primary N) is 1. The number of para-hydroxylation sites is 1. The number of benzene rings is 1. The fourth-order valence-corrected chi connectivity index (χ4v) is 2.38. The Morgan fingerprint density at radius 2 is 2.28 bits per heavy atom. The van der Waals surface area contributed by atoms with Crippen LogP contribution in [0.1, 0.15) is 6.92 Å². The van der Waals surface area contributed by atoms with Gasteiger partial charge in [-0.15, -0.1) is 0 Å². The maximum absolute atomic E-state index is 6.24. The minimum absolute atomic E-state index is 0.450. The summed E-state index contributed by atoms with van der Waals surface area (Å²) in [4.78, 5) is 4.58. The summed E-state index contributed by atoms with van der Waals surface area (Å²) in [7, 11) is 0. The first kappa shape index (κ1) is 11.1. The quantitative estimate of drug-likeness (QED) is 0.745. The number of imidazole rings is 1. The summed E-state index contributed by atoms with van der Waals surface area (Å²) in [5.41, 5.74) is 8.22. The molecule has 3 rings (SSSR count). The molecule has 6 heteroatoms. The molecule has 0 aliphatic carbocycles. The van der Waals surface area contributed by atoms with E-state index in [9.17, 15) is 0 Å². The molecule has 0 amide bonds. The second-order valence-corrected chi connectivity index (χ2v) is 4.40. The lowest BCUT2D eigenvalue weighted by Crippen LogP contribution is -1.98. The lowest BCUT2D eigenvalue weighted by atomic mass is 10.3. The summed E-state index contributed by atoms with van der Waals surface area (Å²) in [5, 5.41) is 7.50. The van der Waals surface area contributed by atoms with Crippen molar-refractivity contribution in [2.45, 2.75) is 13.5 Å². The van der Waals surface area contributed by atoms with E-state index in [1.807, 2.05) is 29.7 Å². The molecule has 0 unspecified atom stereocenters. The van der Waals surface area contributed by atoms with Gasteiger partial charge in [0.05, 0.1) is 16.1 Å². The molecule has 92 valence electrons. The van der Waals surface area contributed by atoms with Gasteiger partial charge in [0.25, 0.3) is 0 Å². The van der Waals surface area contributed by atoms with Crippen molar-refractivity contribution in [2.24, 2.45) is 0 Å². The van der Waals surface area contributed by atoms with Gasteiger partial charge >= 0.3 is 0 Å². The third kappa shape index (κ3) is 1.55. The van der Waals surface area contributed by atoms with Crippen LogP contribution in [0.15, 0.2) is 24.3 Å². The fraction of sp³-hybridized carbons (Fsp3) is 0.167. The van der Waals surface area contributed by atoms with Gasteiger partial charge in [-0.2, -0.15) is 5.10 Å². The van der Waals surface area contributed by atoms with Crippen LogP contribution in [-0.2, 0) is 6.54 Å². The van der Waals surface area contributed by atoms with Gasteiger partial charge in [-0.25, -0.2) is 4.98 Å². The number of aromatic nitrogens is 4. The van der Waals surface area contributed by atoms with E-state index in [-0.39, 0.29) is 0 Å². The summed E-state index contributed by atoms with van der Waals surface area (Å²) < 4.78 is 2.05. The van der Waals surface area contributed by atoms with E-state index >= 15 is 0 Å². The van der Waals surface area contributed by atoms with Crippen molar-refractivity contribution in [3.05, 3.63) is 29.3 Å². The van der Waals surface area contributed by atoms with Gasteiger partial charge in [0.1, 0.15) is 11.5 Å². The van der Waals surface area contributed by atoms with Gasteiger partial charge in [0.15, 0.2) is 5.82 Å². The third-order valence-electron chi connectivity index (χ3n) is 2.87. The Morgan fingerprint density at radius 1 is 1.44 bits per heavy atom. The number of anilines is 1. The van der Waals surface area contributed by atoms with E-state index in [0.717, 1.165) is 29.1 Å². The Hall–Kier alpha value is -2.01. The van der Waals surface area contributed by atoms with Crippen LogP contribution in [0.2, 0.25) is 5.02 Å². The van der Waals surface area contributed by atoms with Gasteiger partial charge in [-0.05, 0) is 19.1 Å². The monoisotopic (exact) mass is 261 g/mol. The smallest absolute Gasteiger partial charge is 0.159 e. The largest absolute Gasteiger partial charge is 0.382 e. The predicted molar refractivity (Wildman–Crippen MR) is 72.4 cm³/mol. The van der Waals surface area contributed by atoms with E-state index in [1.165, 1.54) is 0 Å². The minimum atomic E-state index is 0.450. The van der Waals surface area contributed by atoms with Gasteiger partial charge < -0.3 is 10.3 Å². The molecule has 0 saturated carbocycles. The van der Waals surface area contributed by atoms with Crippen LogP contribution in [0.5, 0.6) is 0 Å². The normalized spacial score (nSPS) is 11.2. The summed E-state index contributed by atoms with van der Waals surface area (Å²) >= 11 is 6.24. The first-order valence-corrected chi connectivity index (χ1v) is 6.04. The van der Waals surface area contributed by atoms with Crippen LogP contribution >= 0.6 is 11.6 Å². The Balaban J connectivity index is 2.33. The summed E-state index contributed by atoms with van der Waals surface area (Å²) in [6, 6.07) is 7.46. The molecule has 0 spiro atoms. The molecule has 2 aromatic heterocycles. The second kappa shape index (κ2) is 4.03. The zero-order valence-electron chi connectivity index (χ0n) is 9.81. The highest BCUT2D eigenvalue weighted by Gasteiger charge is 2.15. The number of hydrogen-bond donors (Lipinski definition) is 2. The van der Waals surface area contributed by atoms with Crippen molar-refractivity contribution in [3.8, 4) is 11.5 Å². The molecule has 0 saturated heterocycles. The zero-order chi connectivity index (χ0) is 12.7. The molecular formula is C12H12ClN5. The Morgan fingerprint density at radius 3 is 2.94 bits per heavy atom. The lowest BCUT2D eigenvalue weighted by molar-refractivity contribution is 0.792. The van der Waals surface area contributed by atoms with Crippen molar-refractivity contribution in [3.63, 3.8) is 0 Å². The number of hydrogen-bond acceptors (Lipinski definition) is 3. The number of nitrogens with one attached hydrogen (secondary N) is 1. The average Bonchev–Trinajstić information content (AvgIpc) is 2.92. The topological polar surface area (TPSA) is 72.5 Å². The number of nitrogen functional groups attached to an aromatic ring is 1. The standard InChI is InChI=1S/C12H12ClN5/c1-2-18-11-7(13)4-3-5-8(11)15-12(18)9-6-10(14)17-16-9/h3-6H,2H2,1H3,(H3,14,16,17). The molecule has 0 radical (unpaired) electrons. The predicted octanol–water partition coefficient (Wildman–Crippen LogP) is 2.68. The zero-order valence-corrected chi connectivity index (χ0v) is 10.6. The highest BCUT2D eigenvalue weighted by atomic mass is 35.5. The molecule has 3 N–H and O–H groups in total. The van der Waals surface area contributed by atoms with Crippen molar-refractivity contribution < 1.29 is 0 Å². The highest BCUT2D eigenvalue weighted by Crippen LogP contribution is 2.29. The average molecular weight is 262 g/mol. The van der Waals surface area contributed by atoms with Crippen molar-refractivity contribution >= 4 is 28.5 Å². The number of halogens is 1. The van der Waals surface area contributed by atoms with Crippen molar-refractivity contribution in [1.29, 1.82) is 0 Å². The number of fused-ring (bicyclic) bond motifs is 1. The number of aromatic amines is 1. The molecule has 18 heavy (non-hydrogen) atoms. The van der Waals surface area contributed by atoms with E-state index in [4.69, 9.17) is 17.3 Å². The first-order chi connectivity index (χ1) is 8.70. The molecule has 3 aromatic rings. The maximum Gasteiger partial charge on any atom is 0.159 e. The lowest BCUT2D eigenvalue weighted by Gasteiger charge is -2.04. The van der Waals surface area contributed by atoms with Gasteiger partial charge in [-0.1, -0.05) is 17.7 Å². The van der Waals surface area contributed by atoms with E-state index in [2.05, 4.69) is 15.2 Å². The first-order valence-electron chi connectivity index (χ1n) is 5.66. The van der Waals surface area contributed by atoms with Crippen LogP contribution in [0.25, 0.3) is 22.6 Å². The van der Waals surface area contributed by atoms with E-state index < -0.39 is 0 Å². The molecule has 0 aliphatic heterocycles. The summed E-state index contributed by atoms with van der Waals surface area (Å²) in [6.45, 7) is 2.82. The third-order valence-corrected chi connectivity index (χ3v) is 3.18. The van der Waals surface area contributed by atoms with Crippen molar-refractivity contribution in [1.82, 2.24) is 19.7 Å². The molecule has 2 heterocycles. The highest BCUT2D eigenvalue weighted by molar-refractivity contribution is 6.35. The van der Waals surface area contributed by atoms with Gasteiger partial charge in [0, 0.05) is 12.6 Å². The molecule has 0 fully saturated rings.